The van der Waals surface area contributed by atoms with Gasteiger partial charge in [0.2, 0.25) is 0 Å². The summed E-state index contributed by atoms with van der Waals surface area (Å²) in [6, 6.07) is 8.09. The first-order chi connectivity index (χ1) is 16.6. The Labute approximate surface area is 219 Å². The number of halogens is 4. The Morgan fingerprint density at radius 3 is 1.57 bits per heavy atom. The number of rotatable bonds is 2. The second kappa shape index (κ2) is 10.2. The molecule has 0 bridgehead atoms. The lowest BCUT2D eigenvalue weighted by Gasteiger charge is -2.32. The zero-order chi connectivity index (χ0) is 28.8. The maximum Gasteiger partial charge on any atom is 0.485 e. The maximum atomic E-state index is 13.4. The van der Waals surface area contributed by atoms with Crippen molar-refractivity contribution in [3.8, 4) is 0 Å². The molecule has 0 unspecified atom stereocenters. The minimum atomic E-state index is -6.09. The Bertz CT molecular complexity index is 1380. The fraction of sp³-hybridized carbons (Fsp3) is 0.400. The average Bonchev–Trinajstić information content (AvgIpc) is 2.69. The first-order valence-corrected chi connectivity index (χ1v) is 12.8. The molecule has 0 saturated heterocycles. The van der Waals surface area contributed by atoms with Gasteiger partial charge in [-0.25, -0.2) is 18.0 Å². The fourth-order valence-electron chi connectivity index (χ4n) is 4.36. The van der Waals surface area contributed by atoms with Crippen LogP contribution >= 0.6 is 11.6 Å². The van der Waals surface area contributed by atoms with Crippen LogP contribution in [0.5, 0.6) is 0 Å². The number of benzene rings is 2. The molecule has 0 N–H and O–H groups in total. The molecule has 12 heteroatoms. The first kappa shape index (κ1) is 30.5. The third-order valence-electron chi connectivity index (χ3n) is 5.85. The number of alkyl halides is 3. The summed E-state index contributed by atoms with van der Waals surface area (Å²) in [5.41, 5.74) is 0.570. The normalized spacial score (nSPS) is 16.1. The highest BCUT2D eigenvalue weighted by Crippen LogP contribution is 2.38. The van der Waals surface area contributed by atoms with Crippen LogP contribution in [0.15, 0.2) is 24.3 Å². The van der Waals surface area contributed by atoms with Crippen molar-refractivity contribution in [3.63, 3.8) is 0 Å². The third-order valence-corrected chi connectivity index (χ3v) is 6.75. The highest BCUT2D eigenvalue weighted by atomic mass is 35.5. The van der Waals surface area contributed by atoms with E-state index in [1.54, 1.807) is 13.8 Å². The number of hydrogen-bond donors (Lipinski definition) is 0. The topological polar surface area (TPSA) is 97.6 Å². The number of amides is 2. The van der Waals surface area contributed by atoms with Crippen LogP contribution in [0.1, 0.15) is 47.2 Å². The van der Waals surface area contributed by atoms with E-state index in [1.165, 1.54) is 9.48 Å². The number of aryl methyl sites for hydroxylation is 6. The Balaban J connectivity index is 0.000000521. The van der Waals surface area contributed by atoms with Gasteiger partial charge in [-0.05, 0) is 77.6 Å². The quantitative estimate of drug-likeness (QED) is 0.160. The van der Waals surface area contributed by atoms with Crippen molar-refractivity contribution in [3.05, 3.63) is 57.6 Å². The maximum absolute atomic E-state index is 13.4. The van der Waals surface area contributed by atoms with Gasteiger partial charge in [0.05, 0.1) is 0 Å². The number of nitrogens with zero attached hydrogens (tertiary/aromatic N) is 2. The summed E-state index contributed by atoms with van der Waals surface area (Å²) in [5.74, 6) is -0.637. The molecule has 0 aliphatic carbocycles. The fourth-order valence-corrected chi connectivity index (χ4v) is 4.68. The van der Waals surface area contributed by atoms with Gasteiger partial charge in [0.25, 0.3) is 0 Å². The van der Waals surface area contributed by atoms with E-state index in [0.717, 1.165) is 44.8 Å². The SMILES string of the molecule is Cc1cc(C)c(N2C(=O)C(C)(C)C(=O)[N+](c3c(C)cc(C)cc3C)=C2Cl)c(C)c1.O=S(=O)([O-])C(F)(F)F. The van der Waals surface area contributed by atoms with Crippen molar-refractivity contribution in [2.45, 2.75) is 60.9 Å². The molecule has 7 nitrogen and oxygen atoms in total. The van der Waals surface area contributed by atoms with Crippen molar-refractivity contribution in [2.75, 3.05) is 4.90 Å². The van der Waals surface area contributed by atoms with Crippen molar-refractivity contribution in [2.24, 2.45) is 5.41 Å². The van der Waals surface area contributed by atoms with Gasteiger partial charge in [-0.1, -0.05) is 35.4 Å². The summed E-state index contributed by atoms with van der Waals surface area (Å²) in [4.78, 5) is 28.4. The summed E-state index contributed by atoms with van der Waals surface area (Å²) in [6.45, 7) is 15.2. The molecule has 2 aromatic rings. The molecule has 0 saturated carbocycles. The molecule has 0 radical (unpaired) electrons. The molecule has 0 spiro atoms. The monoisotopic (exact) mass is 560 g/mol. The van der Waals surface area contributed by atoms with E-state index in [4.69, 9.17) is 24.6 Å². The molecular formula is C25H28ClF3N2O5S. The molecule has 2 amide bonds. The molecule has 1 heterocycles. The number of hydrogen-bond acceptors (Lipinski definition) is 5. The number of carbonyl (C=O) groups excluding carboxylic acids is 2. The van der Waals surface area contributed by atoms with E-state index in [9.17, 15) is 22.8 Å². The van der Waals surface area contributed by atoms with E-state index in [1.807, 2.05) is 65.8 Å². The lowest BCUT2D eigenvalue weighted by atomic mass is 9.87. The molecule has 0 aromatic heterocycles. The second-order valence-electron chi connectivity index (χ2n) is 9.57. The van der Waals surface area contributed by atoms with Gasteiger partial charge in [0.15, 0.2) is 15.5 Å². The van der Waals surface area contributed by atoms with Crippen molar-refractivity contribution >= 4 is 50.2 Å². The van der Waals surface area contributed by atoms with Crippen LogP contribution in [0.25, 0.3) is 0 Å². The molecule has 1 aliphatic heterocycles. The van der Waals surface area contributed by atoms with Crippen LogP contribution in [-0.2, 0) is 19.7 Å². The van der Waals surface area contributed by atoms with Crippen molar-refractivity contribution in [1.82, 2.24) is 0 Å². The van der Waals surface area contributed by atoms with Crippen molar-refractivity contribution < 1.29 is 40.3 Å². The Morgan fingerprint density at radius 2 is 1.22 bits per heavy atom. The zero-order valence-corrected chi connectivity index (χ0v) is 23.2. The number of carbonyl (C=O) groups is 2. The highest BCUT2D eigenvalue weighted by molar-refractivity contribution is 7.86. The van der Waals surface area contributed by atoms with E-state index in [2.05, 4.69) is 0 Å². The Kier molecular flexibility index (Phi) is 8.39. The molecular weight excluding hydrogens is 533 g/mol. The molecule has 202 valence electrons. The molecule has 0 fully saturated rings. The molecule has 2 aromatic carbocycles. The summed E-state index contributed by atoms with van der Waals surface area (Å²) in [7, 11) is -6.09. The Morgan fingerprint density at radius 1 is 0.865 bits per heavy atom. The number of anilines is 1. The van der Waals surface area contributed by atoms with Crippen LogP contribution in [-0.4, -0.2) is 40.2 Å². The number of amidine groups is 1. The van der Waals surface area contributed by atoms with Crippen LogP contribution in [0.2, 0.25) is 0 Å². The van der Waals surface area contributed by atoms with Gasteiger partial charge in [0.1, 0.15) is 11.4 Å². The second-order valence-corrected chi connectivity index (χ2v) is 11.3. The smallest absolute Gasteiger partial charge is 0.485 e. The predicted molar refractivity (Wildman–Crippen MR) is 134 cm³/mol. The van der Waals surface area contributed by atoms with Crippen LogP contribution < -0.4 is 4.90 Å². The average molecular weight is 561 g/mol. The third kappa shape index (κ3) is 5.89. The zero-order valence-electron chi connectivity index (χ0n) is 21.7. The van der Waals surface area contributed by atoms with Gasteiger partial charge in [-0.2, -0.15) is 13.2 Å². The predicted octanol–water partition coefficient (Wildman–Crippen LogP) is 5.43. The van der Waals surface area contributed by atoms with E-state index < -0.39 is 21.0 Å². The molecule has 1 aliphatic rings. The van der Waals surface area contributed by atoms with E-state index in [0.29, 0.717) is 0 Å². The van der Waals surface area contributed by atoms with Gasteiger partial charge >= 0.3 is 22.6 Å². The molecule has 0 atom stereocenters. The summed E-state index contributed by atoms with van der Waals surface area (Å²) >= 11 is 6.83. The first-order valence-electron chi connectivity index (χ1n) is 11.0. The van der Waals surface area contributed by atoms with Crippen LogP contribution in [0, 0.1) is 47.0 Å². The van der Waals surface area contributed by atoms with Crippen LogP contribution in [0.4, 0.5) is 24.5 Å². The minimum Gasteiger partial charge on any atom is -0.741 e. The van der Waals surface area contributed by atoms with Gasteiger partial charge in [-0.3, -0.25) is 0 Å². The summed E-state index contributed by atoms with van der Waals surface area (Å²) in [5, 5.41) is 0.101. The standard InChI is InChI=1S/C24H28ClN2O2.CHF3O3S/c1-13-9-15(3)19(16(4)10-13)26-21(28)24(7,8)22(29)27(23(26)25)20-17(5)11-14(2)12-18(20)6;2-1(3,4)8(5,6)7/h9-12H,1-8H3;(H,5,6,7)/q+1;/p-1. The highest BCUT2D eigenvalue weighted by Gasteiger charge is 2.56. The molecule has 37 heavy (non-hydrogen) atoms. The van der Waals surface area contributed by atoms with Gasteiger partial charge in [0, 0.05) is 11.6 Å². The van der Waals surface area contributed by atoms with Crippen molar-refractivity contribution in [1.29, 1.82) is 0 Å². The van der Waals surface area contributed by atoms with E-state index >= 15 is 0 Å². The minimum absolute atomic E-state index is 0.101. The lowest BCUT2D eigenvalue weighted by Crippen LogP contribution is -2.57. The summed E-state index contributed by atoms with van der Waals surface area (Å²) in [6.07, 6.45) is 0. The van der Waals surface area contributed by atoms with E-state index in [-0.39, 0.29) is 17.1 Å². The lowest BCUT2D eigenvalue weighted by molar-refractivity contribution is -0.377. The van der Waals surface area contributed by atoms with Gasteiger partial charge in [-0.15, -0.1) is 9.48 Å². The summed E-state index contributed by atoms with van der Waals surface area (Å²) < 4.78 is 60.4. The molecule has 3 rings (SSSR count). The Hall–Kier alpha value is -2.76. The largest absolute Gasteiger partial charge is 0.741 e. The van der Waals surface area contributed by atoms with Crippen LogP contribution in [0.3, 0.4) is 0 Å². The van der Waals surface area contributed by atoms with Gasteiger partial charge < -0.3 is 4.55 Å².